The highest BCUT2D eigenvalue weighted by molar-refractivity contribution is 5.21. The Labute approximate surface area is 70.7 Å². The summed E-state index contributed by atoms with van der Waals surface area (Å²) >= 11 is 0. The molecule has 0 aromatic carbocycles. The molecule has 0 bridgehead atoms. The van der Waals surface area contributed by atoms with E-state index >= 15 is 0 Å². The van der Waals surface area contributed by atoms with Crippen LogP contribution in [-0.4, -0.2) is 16.4 Å². The molecule has 4 nitrogen and oxygen atoms in total. The molecular weight excluding hydrogens is 154 g/mol. The summed E-state index contributed by atoms with van der Waals surface area (Å²) < 4.78 is 6.66. The van der Waals surface area contributed by atoms with E-state index in [4.69, 9.17) is 10.00 Å². The maximum atomic E-state index is 8.46. The predicted molar refractivity (Wildman–Crippen MR) is 43.1 cm³/mol. The van der Waals surface area contributed by atoms with Crippen molar-refractivity contribution in [2.75, 3.05) is 6.61 Å². The van der Waals surface area contributed by atoms with Gasteiger partial charge in [0.05, 0.1) is 18.4 Å². The number of aromatic nitrogens is 2. The van der Waals surface area contributed by atoms with Gasteiger partial charge in [0, 0.05) is 6.20 Å². The fraction of sp³-hybridized carbons (Fsp3) is 0.250. The Balaban J connectivity index is 2.43. The van der Waals surface area contributed by atoms with Crippen LogP contribution in [0.15, 0.2) is 25.0 Å². The molecule has 0 saturated heterocycles. The highest BCUT2D eigenvalue weighted by Crippen LogP contribution is 1.94. The van der Waals surface area contributed by atoms with Gasteiger partial charge >= 0.3 is 0 Å². The molecule has 0 spiro atoms. The quantitative estimate of drug-likeness (QED) is 0.489. The monoisotopic (exact) mass is 163 g/mol. The molecule has 0 radical (unpaired) electrons. The molecule has 0 aliphatic heterocycles. The number of rotatable bonds is 4. The second kappa shape index (κ2) is 4.31. The Morgan fingerprint density at radius 1 is 1.83 bits per heavy atom. The van der Waals surface area contributed by atoms with Gasteiger partial charge in [0.1, 0.15) is 12.8 Å². The summed E-state index contributed by atoms with van der Waals surface area (Å²) in [6.07, 6.45) is 4.79. The highest BCUT2D eigenvalue weighted by Gasteiger charge is 1.94. The van der Waals surface area contributed by atoms with Gasteiger partial charge in [0.15, 0.2) is 0 Å². The van der Waals surface area contributed by atoms with Gasteiger partial charge in [0.25, 0.3) is 0 Å². The van der Waals surface area contributed by atoms with Gasteiger partial charge in [-0.25, -0.2) is 4.68 Å². The number of hydrogen-bond donors (Lipinski definition) is 0. The lowest BCUT2D eigenvalue weighted by molar-refractivity contribution is 0.0911. The topological polar surface area (TPSA) is 50.8 Å². The van der Waals surface area contributed by atoms with Gasteiger partial charge in [-0.05, 0) is 0 Å². The molecule has 4 heteroatoms. The van der Waals surface area contributed by atoms with E-state index in [-0.39, 0.29) is 0 Å². The molecule has 1 aromatic rings. The number of hydrogen-bond acceptors (Lipinski definition) is 3. The average molecular weight is 163 g/mol. The van der Waals surface area contributed by atoms with E-state index in [2.05, 4.69) is 11.7 Å². The number of nitrogens with zero attached hydrogens (tertiary/aromatic N) is 3. The first-order valence-electron chi connectivity index (χ1n) is 3.48. The van der Waals surface area contributed by atoms with Crippen molar-refractivity contribution < 1.29 is 4.74 Å². The van der Waals surface area contributed by atoms with E-state index in [9.17, 15) is 0 Å². The molecule has 0 saturated carbocycles. The molecule has 0 fully saturated rings. The molecule has 0 unspecified atom stereocenters. The van der Waals surface area contributed by atoms with Gasteiger partial charge in [0.2, 0.25) is 0 Å². The SMILES string of the molecule is C=CCOCn1cc(C#N)cn1. The lowest BCUT2D eigenvalue weighted by Gasteiger charge is -1.99. The molecular formula is C8H9N3O. The molecule has 0 aliphatic carbocycles. The summed E-state index contributed by atoms with van der Waals surface area (Å²) in [5, 5.41) is 12.4. The third kappa shape index (κ3) is 2.22. The van der Waals surface area contributed by atoms with Gasteiger partial charge in [-0.2, -0.15) is 10.4 Å². The maximum absolute atomic E-state index is 8.46. The van der Waals surface area contributed by atoms with Crippen LogP contribution in [0, 0.1) is 11.3 Å². The van der Waals surface area contributed by atoms with Gasteiger partial charge in [-0.15, -0.1) is 6.58 Å². The fourth-order valence-electron chi connectivity index (χ4n) is 0.721. The molecule has 1 aromatic heterocycles. The Kier molecular flexibility index (Phi) is 3.05. The van der Waals surface area contributed by atoms with Crippen LogP contribution in [0.3, 0.4) is 0 Å². The fourth-order valence-corrected chi connectivity index (χ4v) is 0.721. The van der Waals surface area contributed by atoms with Crippen LogP contribution in [-0.2, 0) is 11.5 Å². The molecule has 1 rings (SSSR count). The van der Waals surface area contributed by atoms with E-state index in [1.54, 1.807) is 17.0 Å². The van der Waals surface area contributed by atoms with Crippen molar-refractivity contribution >= 4 is 0 Å². The summed E-state index contributed by atoms with van der Waals surface area (Å²) in [4.78, 5) is 0. The van der Waals surface area contributed by atoms with Crippen LogP contribution in [0.4, 0.5) is 0 Å². The first-order valence-corrected chi connectivity index (χ1v) is 3.48. The van der Waals surface area contributed by atoms with E-state index in [1.807, 2.05) is 6.07 Å². The molecule has 62 valence electrons. The van der Waals surface area contributed by atoms with Gasteiger partial charge in [-0.1, -0.05) is 6.08 Å². The van der Waals surface area contributed by atoms with Crippen LogP contribution >= 0.6 is 0 Å². The van der Waals surface area contributed by atoms with Crippen molar-refractivity contribution in [2.45, 2.75) is 6.73 Å². The molecule has 1 heterocycles. The van der Waals surface area contributed by atoms with Crippen LogP contribution in [0.2, 0.25) is 0 Å². The minimum Gasteiger partial charge on any atom is -0.355 e. The third-order valence-corrected chi connectivity index (χ3v) is 1.22. The first-order chi connectivity index (χ1) is 5.86. The van der Waals surface area contributed by atoms with E-state index < -0.39 is 0 Å². The predicted octanol–water partition coefficient (Wildman–Crippen LogP) is 0.915. The van der Waals surface area contributed by atoms with Crippen LogP contribution in [0.25, 0.3) is 0 Å². The summed E-state index contributed by atoms with van der Waals surface area (Å²) in [6.45, 7) is 4.35. The normalized spacial score (nSPS) is 9.25. The lowest BCUT2D eigenvalue weighted by atomic mass is 10.4. The molecule has 12 heavy (non-hydrogen) atoms. The third-order valence-electron chi connectivity index (χ3n) is 1.22. The van der Waals surface area contributed by atoms with Crippen LogP contribution in [0.5, 0.6) is 0 Å². The standard InChI is InChI=1S/C8H9N3O/c1-2-3-12-7-11-6-8(4-9)5-10-11/h2,5-6H,1,3,7H2. The first kappa shape index (κ1) is 8.50. The largest absolute Gasteiger partial charge is 0.355 e. The summed E-state index contributed by atoms with van der Waals surface area (Å²) in [5.74, 6) is 0. The van der Waals surface area contributed by atoms with Crippen molar-refractivity contribution in [3.05, 3.63) is 30.6 Å². The molecule has 0 atom stereocenters. The minimum absolute atomic E-state index is 0.355. The Bertz CT molecular complexity index is 297. The van der Waals surface area contributed by atoms with Crippen molar-refractivity contribution in [2.24, 2.45) is 0 Å². The number of ether oxygens (including phenoxy) is 1. The smallest absolute Gasteiger partial charge is 0.139 e. The van der Waals surface area contributed by atoms with Crippen molar-refractivity contribution in [3.8, 4) is 6.07 Å². The van der Waals surface area contributed by atoms with Gasteiger partial charge in [-0.3, -0.25) is 0 Å². The van der Waals surface area contributed by atoms with Crippen LogP contribution < -0.4 is 0 Å². The maximum Gasteiger partial charge on any atom is 0.139 e. The van der Waals surface area contributed by atoms with Crippen molar-refractivity contribution in [1.29, 1.82) is 5.26 Å². The van der Waals surface area contributed by atoms with Crippen molar-refractivity contribution in [3.63, 3.8) is 0 Å². The molecule has 0 aliphatic rings. The molecule has 0 amide bonds. The van der Waals surface area contributed by atoms with Gasteiger partial charge < -0.3 is 4.74 Å². The molecule has 0 N–H and O–H groups in total. The summed E-state index contributed by atoms with van der Waals surface area (Å²) in [7, 11) is 0. The zero-order chi connectivity index (χ0) is 8.81. The van der Waals surface area contributed by atoms with Crippen LogP contribution in [0.1, 0.15) is 5.56 Å². The average Bonchev–Trinajstić information content (AvgIpc) is 2.53. The summed E-state index contributed by atoms with van der Waals surface area (Å²) in [5.41, 5.74) is 0.539. The second-order valence-corrected chi connectivity index (χ2v) is 2.17. The highest BCUT2D eigenvalue weighted by atomic mass is 16.5. The zero-order valence-corrected chi connectivity index (χ0v) is 6.60. The summed E-state index contributed by atoms with van der Waals surface area (Å²) in [6, 6.07) is 1.98. The van der Waals surface area contributed by atoms with E-state index in [0.29, 0.717) is 18.9 Å². The second-order valence-electron chi connectivity index (χ2n) is 2.17. The van der Waals surface area contributed by atoms with E-state index in [1.165, 1.54) is 6.20 Å². The van der Waals surface area contributed by atoms with E-state index in [0.717, 1.165) is 0 Å². The Morgan fingerprint density at radius 3 is 3.25 bits per heavy atom. The number of nitriles is 1. The minimum atomic E-state index is 0.355. The Morgan fingerprint density at radius 2 is 2.67 bits per heavy atom. The zero-order valence-electron chi connectivity index (χ0n) is 6.60. The Hall–Kier alpha value is -1.60. The lowest BCUT2D eigenvalue weighted by Crippen LogP contribution is -2.02. The van der Waals surface area contributed by atoms with Crippen molar-refractivity contribution in [1.82, 2.24) is 9.78 Å².